The molecule has 0 saturated heterocycles. The fraction of sp³-hybridized carbons (Fsp3) is 0.417. The molecule has 17 heavy (non-hydrogen) atoms. The van der Waals surface area contributed by atoms with Crippen molar-refractivity contribution in [3.8, 4) is 0 Å². The van der Waals surface area contributed by atoms with Gasteiger partial charge in [-0.3, -0.25) is 10.1 Å². The van der Waals surface area contributed by atoms with Crippen molar-refractivity contribution in [3.05, 3.63) is 23.9 Å². The lowest BCUT2D eigenvalue weighted by atomic mass is 9.96. The Morgan fingerprint density at radius 1 is 1.35 bits per heavy atom. The summed E-state index contributed by atoms with van der Waals surface area (Å²) in [6.07, 6.45) is 1.87. The Labute approximate surface area is 99.9 Å². The van der Waals surface area contributed by atoms with Crippen LogP contribution in [0.3, 0.4) is 0 Å². The quantitative estimate of drug-likeness (QED) is 0.818. The number of pyridine rings is 1. The number of aryl methyl sites for hydroxylation is 1. The zero-order chi connectivity index (χ0) is 12.6. The molecule has 0 radical (unpaired) electrons. The molecule has 2 rings (SSSR count). The summed E-state index contributed by atoms with van der Waals surface area (Å²) in [6, 6.07) is 3.83. The number of hydrogen-bond donors (Lipinski definition) is 1. The molecule has 2 aromatic heterocycles. The number of carbonyl (C=O) groups is 1. The number of nitrogens with zero attached hydrogens (tertiary/aromatic N) is 3. The molecule has 0 aliphatic rings. The number of aromatic nitrogens is 3. The van der Waals surface area contributed by atoms with Gasteiger partial charge in [0.05, 0.1) is 0 Å². The van der Waals surface area contributed by atoms with Crippen LogP contribution in [-0.2, 0) is 4.79 Å². The summed E-state index contributed by atoms with van der Waals surface area (Å²) in [4.78, 5) is 16.0. The smallest absolute Gasteiger partial charge is 0.249 e. The van der Waals surface area contributed by atoms with Crippen molar-refractivity contribution in [3.63, 3.8) is 0 Å². The Balaban J connectivity index is 2.29. The predicted molar refractivity (Wildman–Crippen MR) is 65.8 cm³/mol. The van der Waals surface area contributed by atoms with Crippen molar-refractivity contribution in [2.24, 2.45) is 5.41 Å². The second-order valence-corrected chi connectivity index (χ2v) is 5.15. The Bertz CT molecular complexity index is 565. The molecule has 5 heteroatoms. The summed E-state index contributed by atoms with van der Waals surface area (Å²) >= 11 is 0. The molecule has 5 nitrogen and oxygen atoms in total. The third kappa shape index (κ3) is 2.43. The third-order valence-corrected chi connectivity index (χ3v) is 2.39. The molecule has 90 valence electrons. The van der Waals surface area contributed by atoms with E-state index in [1.165, 1.54) is 0 Å². The second-order valence-electron chi connectivity index (χ2n) is 5.15. The maximum atomic E-state index is 11.8. The fourth-order valence-corrected chi connectivity index (χ4v) is 1.33. The predicted octanol–water partition coefficient (Wildman–Crippen LogP) is 2.02. The Morgan fingerprint density at radius 3 is 2.71 bits per heavy atom. The number of carbonyl (C=O) groups excluding carboxylic acids is 1. The highest BCUT2D eigenvalue weighted by Crippen LogP contribution is 2.16. The lowest BCUT2D eigenvalue weighted by Gasteiger charge is -2.15. The van der Waals surface area contributed by atoms with E-state index >= 15 is 0 Å². The van der Waals surface area contributed by atoms with Crippen molar-refractivity contribution in [1.82, 2.24) is 14.6 Å². The van der Waals surface area contributed by atoms with Crippen molar-refractivity contribution in [2.75, 3.05) is 5.32 Å². The van der Waals surface area contributed by atoms with E-state index in [0.29, 0.717) is 5.95 Å². The van der Waals surface area contributed by atoms with Gasteiger partial charge in [-0.1, -0.05) is 26.8 Å². The maximum Gasteiger partial charge on any atom is 0.249 e. The van der Waals surface area contributed by atoms with E-state index in [-0.39, 0.29) is 5.91 Å². The molecule has 0 atom stereocenters. The van der Waals surface area contributed by atoms with Crippen LogP contribution < -0.4 is 5.32 Å². The number of rotatable bonds is 1. The van der Waals surface area contributed by atoms with Gasteiger partial charge in [0.2, 0.25) is 11.9 Å². The minimum absolute atomic E-state index is 0.0925. The van der Waals surface area contributed by atoms with Gasteiger partial charge in [0, 0.05) is 11.6 Å². The molecule has 2 heterocycles. The molecule has 0 spiro atoms. The first-order chi connectivity index (χ1) is 7.86. The summed E-state index contributed by atoms with van der Waals surface area (Å²) in [6.45, 7) is 7.53. The van der Waals surface area contributed by atoms with E-state index in [1.807, 2.05) is 46.0 Å². The second kappa shape index (κ2) is 3.84. The summed E-state index contributed by atoms with van der Waals surface area (Å²) in [5.41, 5.74) is 1.36. The summed E-state index contributed by atoms with van der Waals surface area (Å²) in [5.74, 6) is 0.251. The van der Waals surface area contributed by atoms with Gasteiger partial charge in [0.25, 0.3) is 0 Å². The minimum Gasteiger partial charge on any atom is -0.293 e. The lowest BCUT2D eigenvalue weighted by Crippen LogP contribution is -2.28. The topological polar surface area (TPSA) is 59.3 Å². The normalized spacial score (nSPS) is 11.8. The van der Waals surface area contributed by atoms with Gasteiger partial charge >= 0.3 is 0 Å². The zero-order valence-corrected chi connectivity index (χ0v) is 10.5. The highest BCUT2D eigenvalue weighted by atomic mass is 16.2. The summed E-state index contributed by atoms with van der Waals surface area (Å²) in [7, 11) is 0. The summed E-state index contributed by atoms with van der Waals surface area (Å²) < 4.78 is 1.66. The number of hydrogen-bond acceptors (Lipinski definition) is 3. The SMILES string of the molecule is Cc1ccc2nc(NC(=O)C(C)(C)C)nn2c1. The van der Waals surface area contributed by atoms with Gasteiger partial charge < -0.3 is 0 Å². The van der Waals surface area contributed by atoms with Crippen LogP contribution in [0.25, 0.3) is 5.65 Å². The first-order valence-electron chi connectivity index (χ1n) is 5.51. The number of fused-ring (bicyclic) bond motifs is 1. The highest BCUT2D eigenvalue weighted by molar-refractivity contribution is 5.93. The van der Waals surface area contributed by atoms with Crippen molar-refractivity contribution >= 4 is 17.5 Å². The number of amides is 1. The standard InChI is InChI=1S/C12H16N4O/c1-8-5-6-9-13-11(15-16(9)7-8)14-10(17)12(2,3)4/h5-7H,1-4H3,(H,14,15,17). The van der Waals surface area contributed by atoms with Gasteiger partial charge in [-0.25, -0.2) is 4.52 Å². The number of nitrogens with one attached hydrogen (secondary N) is 1. The molecule has 0 bridgehead atoms. The molecule has 0 aliphatic heterocycles. The minimum atomic E-state index is -0.451. The monoisotopic (exact) mass is 232 g/mol. The largest absolute Gasteiger partial charge is 0.293 e. The Hall–Kier alpha value is -1.91. The Morgan fingerprint density at radius 2 is 2.06 bits per heavy atom. The van der Waals surface area contributed by atoms with Crippen molar-refractivity contribution in [2.45, 2.75) is 27.7 Å². The summed E-state index contributed by atoms with van der Waals surface area (Å²) in [5, 5.41) is 6.91. The molecule has 1 amide bonds. The third-order valence-electron chi connectivity index (χ3n) is 2.39. The van der Waals surface area contributed by atoms with Gasteiger partial charge in [-0.05, 0) is 18.6 Å². The fourth-order valence-electron chi connectivity index (χ4n) is 1.33. The first-order valence-corrected chi connectivity index (χ1v) is 5.51. The van der Waals surface area contributed by atoms with Crippen LogP contribution in [0.4, 0.5) is 5.95 Å². The van der Waals surface area contributed by atoms with Crippen LogP contribution in [0, 0.1) is 12.3 Å². The van der Waals surface area contributed by atoms with Crippen LogP contribution in [0.5, 0.6) is 0 Å². The molecule has 0 fully saturated rings. The van der Waals surface area contributed by atoms with E-state index in [4.69, 9.17) is 0 Å². The highest BCUT2D eigenvalue weighted by Gasteiger charge is 2.22. The van der Waals surface area contributed by atoms with Gasteiger partial charge in [0.1, 0.15) is 0 Å². The molecular formula is C12H16N4O. The molecule has 0 aromatic carbocycles. The van der Waals surface area contributed by atoms with Gasteiger partial charge in [-0.15, -0.1) is 5.10 Å². The average molecular weight is 232 g/mol. The molecule has 2 aromatic rings. The van der Waals surface area contributed by atoms with Crippen molar-refractivity contribution < 1.29 is 4.79 Å². The van der Waals surface area contributed by atoms with Crippen LogP contribution in [0.1, 0.15) is 26.3 Å². The van der Waals surface area contributed by atoms with E-state index < -0.39 is 5.41 Å². The zero-order valence-electron chi connectivity index (χ0n) is 10.5. The van der Waals surface area contributed by atoms with Crippen LogP contribution in [-0.4, -0.2) is 20.5 Å². The van der Waals surface area contributed by atoms with Crippen molar-refractivity contribution in [1.29, 1.82) is 0 Å². The molecular weight excluding hydrogens is 216 g/mol. The van der Waals surface area contributed by atoms with Gasteiger partial charge in [-0.2, -0.15) is 4.98 Å². The molecule has 0 unspecified atom stereocenters. The Kier molecular flexibility index (Phi) is 2.61. The number of anilines is 1. The van der Waals surface area contributed by atoms with Crippen LogP contribution in [0.2, 0.25) is 0 Å². The van der Waals surface area contributed by atoms with E-state index in [0.717, 1.165) is 11.2 Å². The van der Waals surface area contributed by atoms with E-state index in [9.17, 15) is 4.79 Å². The molecule has 1 N–H and O–H groups in total. The molecule has 0 aliphatic carbocycles. The molecule has 0 saturated carbocycles. The van der Waals surface area contributed by atoms with Gasteiger partial charge in [0.15, 0.2) is 5.65 Å². The van der Waals surface area contributed by atoms with E-state index in [2.05, 4.69) is 15.4 Å². The lowest BCUT2D eigenvalue weighted by molar-refractivity contribution is -0.123. The van der Waals surface area contributed by atoms with E-state index in [1.54, 1.807) is 4.52 Å². The first kappa shape index (κ1) is 11.6. The van der Waals surface area contributed by atoms with Crippen LogP contribution in [0.15, 0.2) is 18.3 Å². The maximum absolute atomic E-state index is 11.8. The average Bonchev–Trinajstić information content (AvgIpc) is 2.57. The van der Waals surface area contributed by atoms with Crippen LogP contribution >= 0.6 is 0 Å².